The molecule has 1 saturated heterocycles. The lowest BCUT2D eigenvalue weighted by molar-refractivity contribution is -0.145. The van der Waals surface area contributed by atoms with Gasteiger partial charge in [-0.05, 0) is 12.0 Å². The number of nitrogens with one attached hydrogen (secondary N) is 1. The summed E-state index contributed by atoms with van der Waals surface area (Å²) in [6.07, 6.45) is 2.59. The number of methoxy groups -OCH3 is 2. The van der Waals surface area contributed by atoms with Crippen molar-refractivity contribution in [3.8, 4) is 5.88 Å². The van der Waals surface area contributed by atoms with E-state index in [1.165, 1.54) is 14.2 Å². The van der Waals surface area contributed by atoms with Crippen LogP contribution < -0.4 is 10.1 Å². The lowest BCUT2D eigenvalue weighted by Gasteiger charge is -2.18. The zero-order valence-electron chi connectivity index (χ0n) is 12.7. The van der Waals surface area contributed by atoms with Gasteiger partial charge in [0.25, 0.3) is 0 Å². The first kappa shape index (κ1) is 16.2. The standard InChI is InChI=1S/C15H20N2O5/c1-20-13-4-3-10(8-16-13)7-12(15(19)21-2)17-14(18)11-5-6-22-9-11/h3-4,8,11-12H,5-7,9H2,1-2H3,(H,17,18)/t11-,12-/m1/s1. The van der Waals surface area contributed by atoms with Crippen LogP contribution in [-0.2, 0) is 25.5 Å². The molecule has 7 nitrogen and oxygen atoms in total. The number of hydrogen-bond donors (Lipinski definition) is 1. The second-order valence-electron chi connectivity index (χ2n) is 5.06. The second-order valence-corrected chi connectivity index (χ2v) is 5.06. The highest BCUT2D eigenvalue weighted by Gasteiger charge is 2.28. The Morgan fingerprint density at radius 3 is 2.82 bits per heavy atom. The fourth-order valence-corrected chi connectivity index (χ4v) is 2.25. The molecular formula is C15H20N2O5. The van der Waals surface area contributed by atoms with Gasteiger partial charge in [0.15, 0.2) is 0 Å². The van der Waals surface area contributed by atoms with Gasteiger partial charge in [-0.25, -0.2) is 9.78 Å². The Balaban J connectivity index is 2.01. The molecule has 0 radical (unpaired) electrons. The van der Waals surface area contributed by atoms with E-state index in [2.05, 4.69) is 10.3 Å². The van der Waals surface area contributed by atoms with Gasteiger partial charge in [-0.15, -0.1) is 0 Å². The average molecular weight is 308 g/mol. The molecule has 0 aromatic carbocycles. The Morgan fingerprint density at radius 1 is 1.45 bits per heavy atom. The van der Waals surface area contributed by atoms with E-state index in [4.69, 9.17) is 14.2 Å². The van der Waals surface area contributed by atoms with E-state index in [0.29, 0.717) is 31.9 Å². The molecule has 2 rings (SSSR count). The van der Waals surface area contributed by atoms with Gasteiger partial charge in [0.1, 0.15) is 6.04 Å². The maximum absolute atomic E-state index is 12.1. The van der Waals surface area contributed by atoms with Crippen molar-refractivity contribution in [3.63, 3.8) is 0 Å². The smallest absolute Gasteiger partial charge is 0.328 e. The van der Waals surface area contributed by atoms with Crippen LogP contribution in [0.1, 0.15) is 12.0 Å². The van der Waals surface area contributed by atoms with Crippen LogP contribution in [0.4, 0.5) is 0 Å². The molecule has 1 aliphatic heterocycles. The summed E-state index contributed by atoms with van der Waals surface area (Å²) in [6, 6.07) is 2.76. The number of carbonyl (C=O) groups excluding carboxylic acids is 2. The van der Waals surface area contributed by atoms with E-state index < -0.39 is 12.0 Å². The van der Waals surface area contributed by atoms with Crippen molar-refractivity contribution in [2.24, 2.45) is 5.92 Å². The quantitative estimate of drug-likeness (QED) is 0.762. The molecule has 0 spiro atoms. The number of hydrogen-bond acceptors (Lipinski definition) is 6. The number of esters is 1. The predicted molar refractivity (Wildman–Crippen MR) is 77.4 cm³/mol. The summed E-state index contributed by atoms with van der Waals surface area (Å²) in [4.78, 5) is 28.1. The number of carbonyl (C=O) groups is 2. The van der Waals surface area contributed by atoms with Crippen LogP contribution in [0.2, 0.25) is 0 Å². The molecule has 0 unspecified atom stereocenters. The van der Waals surface area contributed by atoms with Crippen LogP contribution in [-0.4, -0.2) is 50.3 Å². The molecule has 1 aromatic heterocycles. The van der Waals surface area contributed by atoms with Gasteiger partial charge in [-0.1, -0.05) is 6.07 Å². The summed E-state index contributed by atoms with van der Waals surface area (Å²) < 4.78 is 14.9. The first-order chi connectivity index (χ1) is 10.6. The molecule has 1 aromatic rings. The van der Waals surface area contributed by atoms with Crippen LogP contribution in [0.15, 0.2) is 18.3 Å². The van der Waals surface area contributed by atoms with E-state index >= 15 is 0 Å². The monoisotopic (exact) mass is 308 g/mol. The number of rotatable bonds is 6. The van der Waals surface area contributed by atoms with E-state index in [1.807, 2.05) is 0 Å². The molecule has 0 bridgehead atoms. The molecule has 1 fully saturated rings. The van der Waals surface area contributed by atoms with Crippen molar-refractivity contribution >= 4 is 11.9 Å². The van der Waals surface area contributed by atoms with Crippen molar-refractivity contribution in [1.82, 2.24) is 10.3 Å². The molecule has 1 aliphatic rings. The molecule has 2 atom stereocenters. The third kappa shape index (κ3) is 4.17. The van der Waals surface area contributed by atoms with E-state index in [-0.39, 0.29) is 11.8 Å². The molecule has 2 heterocycles. The largest absolute Gasteiger partial charge is 0.481 e. The third-order valence-electron chi connectivity index (χ3n) is 3.55. The zero-order chi connectivity index (χ0) is 15.9. The van der Waals surface area contributed by atoms with E-state index in [0.717, 1.165) is 5.56 Å². The maximum Gasteiger partial charge on any atom is 0.328 e. The first-order valence-corrected chi connectivity index (χ1v) is 7.09. The van der Waals surface area contributed by atoms with E-state index in [1.54, 1.807) is 18.3 Å². The highest BCUT2D eigenvalue weighted by molar-refractivity contribution is 5.86. The average Bonchev–Trinajstić information content (AvgIpc) is 3.08. The minimum atomic E-state index is -0.742. The summed E-state index contributed by atoms with van der Waals surface area (Å²) in [5.41, 5.74) is 0.805. The Hall–Kier alpha value is -2.15. The fraction of sp³-hybridized carbons (Fsp3) is 0.533. The summed E-state index contributed by atoms with van der Waals surface area (Å²) >= 11 is 0. The molecule has 0 aliphatic carbocycles. The summed E-state index contributed by atoms with van der Waals surface area (Å²) in [6.45, 7) is 0.965. The fourth-order valence-electron chi connectivity index (χ4n) is 2.25. The number of amides is 1. The number of ether oxygens (including phenoxy) is 3. The molecule has 1 amide bonds. The van der Waals surface area contributed by atoms with Crippen LogP contribution >= 0.6 is 0 Å². The minimum Gasteiger partial charge on any atom is -0.481 e. The Kier molecular flexibility index (Phi) is 5.71. The van der Waals surface area contributed by atoms with Gasteiger partial charge in [0, 0.05) is 25.3 Å². The lowest BCUT2D eigenvalue weighted by atomic mass is 10.0. The first-order valence-electron chi connectivity index (χ1n) is 7.09. The van der Waals surface area contributed by atoms with Crippen molar-refractivity contribution in [2.75, 3.05) is 27.4 Å². The molecular weight excluding hydrogens is 288 g/mol. The van der Waals surface area contributed by atoms with Crippen LogP contribution in [0.3, 0.4) is 0 Å². The van der Waals surface area contributed by atoms with Gasteiger partial charge in [-0.3, -0.25) is 4.79 Å². The van der Waals surface area contributed by atoms with Gasteiger partial charge in [0.05, 0.1) is 26.7 Å². The zero-order valence-corrected chi connectivity index (χ0v) is 12.7. The number of nitrogens with zero attached hydrogens (tertiary/aromatic N) is 1. The van der Waals surface area contributed by atoms with E-state index in [9.17, 15) is 9.59 Å². The molecule has 1 N–H and O–H groups in total. The highest BCUT2D eigenvalue weighted by Crippen LogP contribution is 2.14. The Bertz CT molecular complexity index is 511. The molecule has 7 heteroatoms. The number of aromatic nitrogens is 1. The van der Waals surface area contributed by atoms with Gasteiger partial charge < -0.3 is 19.5 Å². The maximum atomic E-state index is 12.1. The van der Waals surface area contributed by atoms with Crippen LogP contribution in [0.5, 0.6) is 5.88 Å². The van der Waals surface area contributed by atoms with Gasteiger partial charge >= 0.3 is 5.97 Å². The lowest BCUT2D eigenvalue weighted by Crippen LogP contribution is -2.45. The normalized spacial score (nSPS) is 18.5. The summed E-state index contributed by atoms with van der Waals surface area (Å²) in [5, 5.41) is 2.73. The Morgan fingerprint density at radius 2 is 2.27 bits per heavy atom. The van der Waals surface area contributed by atoms with Crippen molar-refractivity contribution in [2.45, 2.75) is 18.9 Å². The van der Waals surface area contributed by atoms with Crippen LogP contribution in [0, 0.1) is 5.92 Å². The van der Waals surface area contributed by atoms with Crippen molar-refractivity contribution < 1.29 is 23.8 Å². The molecule has 0 saturated carbocycles. The second kappa shape index (κ2) is 7.74. The van der Waals surface area contributed by atoms with Crippen molar-refractivity contribution in [3.05, 3.63) is 23.9 Å². The van der Waals surface area contributed by atoms with Crippen molar-refractivity contribution in [1.29, 1.82) is 0 Å². The summed E-state index contributed by atoms with van der Waals surface area (Å²) in [7, 11) is 2.83. The third-order valence-corrected chi connectivity index (χ3v) is 3.55. The molecule has 120 valence electrons. The molecule has 22 heavy (non-hydrogen) atoms. The minimum absolute atomic E-state index is 0.186. The SMILES string of the molecule is COC(=O)[C@@H](Cc1ccc(OC)nc1)NC(=O)[C@@H]1CCOC1. The predicted octanol–water partition coefficient (Wildman–Crippen LogP) is 0.327. The topological polar surface area (TPSA) is 86.8 Å². The Labute approximate surface area is 129 Å². The highest BCUT2D eigenvalue weighted by atomic mass is 16.5. The number of pyridine rings is 1. The van der Waals surface area contributed by atoms with Gasteiger partial charge in [-0.2, -0.15) is 0 Å². The summed E-state index contributed by atoms with van der Waals surface area (Å²) in [5.74, 6) is -0.385. The van der Waals surface area contributed by atoms with Gasteiger partial charge in [0.2, 0.25) is 11.8 Å². The van der Waals surface area contributed by atoms with Crippen LogP contribution in [0.25, 0.3) is 0 Å².